The summed E-state index contributed by atoms with van der Waals surface area (Å²) in [6.07, 6.45) is 1.41. The van der Waals surface area contributed by atoms with Gasteiger partial charge in [-0.25, -0.2) is 4.79 Å². The van der Waals surface area contributed by atoms with E-state index in [1.165, 1.54) is 17.5 Å². The predicted octanol–water partition coefficient (Wildman–Crippen LogP) is 1.61. The Morgan fingerprint density at radius 1 is 1.56 bits per heavy atom. The molecule has 5 nitrogen and oxygen atoms in total. The maximum absolute atomic E-state index is 11.5. The molecule has 0 atom stereocenters. The van der Waals surface area contributed by atoms with Crippen LogP contribution in [0.3, 0.4) is 0 Å². The van der Waals surface area contributed by atoms with E-state index in [1.54, 1.807) is 12.1 Å². The fourth-order valence-corrected chi connectivity index (χ4v) is 2.05. The molecule has 1 amide bonds. The number of hydrogen-bond donors (Lipinski definition) is 2. The first-order chi connectivity index (χ1) is 7.65. The van der Waals surface area contributed by atoms with E-state index < -0.39 is 5.76 Å². The zero-order chi connectivity index (χ0) is 11.5. The number of aromatic amines is 1. The van der Waals surface area contributed by atoms with Crippen molar-refractivity contribution in [3.8, 4) is 0 Å². The third kappa shape index (κ3) is 2.53. The highest BCUT2D eigenvalue weighted by atomic mass is 35.5. The summed E-state index contributed by atoms with van der Waals surface area (Å²) in [5.74, 6) is -0.412. The van der Waals surface area contributed by atoms with Crippen LogP contribution in [-0.4, -0.2) is 10.9 Å². The van der Waals surface area contributed by atoms with Gasteiger partial charge in [-0.1, -0.05) is 11.6 Å². The number of halogens is 1. The zero-order valence-corrected chi connectivity index (χ0v) is 9.52. The summed E-state index contributed by atoms with van der Waals surface area (Å²) >= 11 is 6.89. The van der Waals surface area contributed by atoms with Crippen molar-refractivity contribution in [3.63, 3.8) is 0 Å². The Labute approximate surface area is 99.0 Å². The summed E-state index contributed by atoms with van der Waals surface area (Å²) in [4.78, 5) is 25.1. The van der Waals surface area contributed by atoms with Crippen molar-refractivity contribution < 1.29 is 9.21 Å². The molecule has 0 bridgehead atoms. The van der Waals surface area contributed by atoms with Crippen LogP contribution in [0, 0.1) is 0 Å². The number of amides is 1. The van der Waals surface area contributed by atoms with E-state index in [9.17, 15) is 9.59 Å². The van der Waals surface area contributed by atoms with Crippen LogP contribution in [-0.2, 0) is 6.54 Å². The Hall–Kier alpha value is -1.53. The van der Waals surface area contributed by atoms with Crippen LogP contribution >= 0.6 is 22.9 Å². The van der Waals surface area contributed by atoms with Gasteiger partial charge in [-0.2, -0.15) is 0 Å². The minimum atomic E-state index is -0.539. The summed E-state index contributed by atoms with van der Waals surface area (Å²) in [5, 5.41) is 2.60. The fourth-order valence-electron chi connectivity index (χ4n) is 1.10. The minimum Gasteiger partial charge on any atom is -0.411 e. The number of H-pyrrole nitrogens is 1. The van der Waals surface area contributed by atoms with Crippen molar-refractivity contribution in [1.29, 1.82) is 0 Å². The fraction of sp³-hybridized carbons (Fsp3) is 0.111. The molecule has 2 heterocycles. The van der Waals surface area contributed by atoms with Crippen LogP contribution in [0.4, 0.5) is 0 Å². The highest BCUT2D eigenvalue weighted by Crippen LogP contribution is 2.21. The van der Waals surface area contributed by atoms with Gasteiger partial charge in [-0.15, -0.1) is 11.3 Å². The lowest BCUT2D eigenvalue weighted by Gasteiger charge is -1.99. The molecule has 0 spiro atoms. The summed E-state index contributed by atoms with van der Waals surface area (Å²) in [7, 11) is 0. The standard InChI is InChI=1S/C9H7ClN2O3S/c10-7-2-1-6(16-7)8(13)11-3-5-4-12-9(14)15-5/h1-2,4H,3H2,(H,11,13)(H,12,14). The number of rotatable bonds is 3. The first kappa shape index (κ1) is 11.0. The molecule has 0 saturated carbocycles. The van der Waals surface area contributed by atoms with Gasteiger partial charge >= 0.3 is 5.76 Å². The number of nitrogens with one attached hydrogen (secondary N) is 2. The molecule has 0 unspecified atom stereocenters. The number of aromatic nitrogens is 1. The molecule has 0 saturated heterocycles. The number of thiophene rings is 1. The SMILES string of the molecule is O=C(NCc1c[nH]c(=O)o1)c1ccc(Cl)s1. The molecule has 0 aliphatic heterocycles. The van der Waals surface area contributed by atoms with Gasteiger partial charge in [0.1, 0.15) is 5.76 Å². The van der Waals surface area contributed by atoms with Gasteiger partial charge in [0.05, 0.1) is 15.8 Å². The molecule has 2 rings (SSSR count). The molecular weight excluding hydrogens is 252 g/mol. The molecule has 16 heavy (non-hydrogen) atoms. The summed E-state index contributed by atoms with van der Waals surface area (Å²) in [5.41, 5.74) is 0. The third-order valence-corrected chi connectivity index (χ3v) is 3.02. The van der Waals surface area contributed by atoms with Gasteiger partial charge in [0.15, 0.2) is 0 Å². The molecule has 0 aliphatic rings. The second kappa shape index (κ2) is 4.54. The average molecular weight is 259 g/mol. The quantitative estimate of drug-likeness (QED) is 0.878. The van der Waals surface area contributed by atoms with Crippen LogP contribution < -0.4 is 11.1 Å². The molecule has 0 aromatic carbocycles. The second-order valence-corrected chi connectivity index (χ2v) is 4.65. The third-order valence-electron chi connectivity index (χ3n) is 1.79. The molecule has 0 fully saturated rings. The van der Waals surface area contributed by atoms with E-state index in [1.807, 2.05) is 0 Å². The van der Waals surface area contributed by atoms with E-state index in [2.05, 4.69) is 10.3 Å². The van der Waals surface area contributed by atoms with E-state index in [4.69, 9.17) is 16.0 Å². The van der Waals surface area contributed by atoms with E-state index in [-0.39, 0.29) is 12.5 Å². The highest BCUT2D eigenvalue weighted by Gasteiger charge is 2.09. The van der Waals surface area contributed by atoms with Crippen LogP contribution in [0.1, 0.15) is 15.4 Å². The van der Waals surface area contributed by atoms with Gasteiger partial charge in [0.2, 0.25) is 0 Å². The average Bonchev–Trinajstić information content (AvgIpc) is 2.84. The number of carbonyl (C=O) groups excluding carboxylic acids is 1. The number of oxazole rings is 1. The topological polar surface area (TPSA) is 75.1 Å². The zero-order valence-electron chi connectivity index (χ0n) is 7.95. The molecule has 84 valence electrons. The van der Waals surface area contributed by atoms with Gasteiger partial charge < -0.3 is 9.73 Å². The van der Waals surface area contributed by atoms with Crippen molar-refractivity contribution in [2.75, 3.05) is 0 Å². The van der Waals surface area contributed by atoms with Gasteiger partial charge in [-0.3, -0.25) is 9.78 Å². The van der Waals surface area contributed by atoms with Crippen LogP contribution in [0.5, 0.6) is 0 Å². The highest BCUT2D eigenvalue weighted by molar-refractivity contribution is 7.17. The molecule has 2 aromatic rings. The molecule has 2 N–H and O–H groups in total. The number of carbonyl (C=O) groups is 1. The van der Waals surface area contributed by atoms with Gasteiger partial charge in [0, 0.05) is 6.20 Å². The van der Waals surface area contributed by atoms with Crippen LogP contribution in [0.2, 0.25) is 4.34 Å². The molecule has 0 radical (unpaired) electrons. The van der Waals surface area contributed by atoms with Crippen molar-refractivity contribution in [1.82, 2.24) is 10.3 Å². The summed E-state index contributed by atoms with van der Waals surface area (Å²) in [6.45, 7) is 0.160. The molecule has 2 aromatic heterocycles. The van der Waals surface area contributed by atoms with Crippen molar-refractivity contribution in [2.45, 2.75) is 6.54 Å². The van der Waals surface area contributed by atoms with Crippen LogP contribution in [0.25, 0.3) is 0 Å². The Balaban J connectivity index is 1.96. The summed E-state index contributed by atoms with van der Waals surface area (Å²) in [6, 6.07) is 3.28. The maximum atomic E-state index is 11.5. The van der Waals surface area contributed by atoms with Crippen molar-refractivity contribution in [2.24, 2.45) is 0 Å². The first-order valence-corrected chi connectivity index (χ1v) is 5.55. The monoisotopic (exact) mass is 258 g/mol. The first-order valence-electron chi connectivity index (χ1n) is 4.36. The smallest absolute Gasteiger partial charge is 0.411 e. The predicted molar refractivity (Wildman–Crippen MR) is 59.8 cm³/mol. The number of hydrogen-bond acceptors (Lipinski definition) is 4. The normalized spacial score (nSPS) is 10.3. The van der Waals surface area contributed by atoms with Gasteiger partial charge in [0.25, 0.3) is 5.91 Å². The second-order valence-electron chi connectivity index (χ2n) is 2.93. The summed E-state index contributed by atoms with van der Waals surface area (Å²) < 4.78 is 5.28. The largest absolute Gasteiger partial charge is 0.416 e. The Bertz CT molecular complexity index is 557. The molecule has 0 aliphatic carbocycles. The van der Waals surface area contributed by atoms with Gasteiger partial charge in [-0.05, 0) is 12.1 Å². The Kier molecular flexibility index (Phi) is 3.12. The van der Waals surface area contributed by atoms with E-state index in [0.717, 1.165) is 0 Å². The lowest BCUT2D eigenvalue weighted by atomic mass is 10.4. The molecule has 7 heteroatoms. The van der Waals surface area contributed by atoms with E-state index in [0.29, 0.717) is 15.0 Å². The minimum absolute atomic E-state index is 0.160. The van der Waals surface area contributed by atoms with Crippen LogP contribution in [0.15, 0.2) is 27.5 Å². The lowest BCUT2D eigenvalue weighted by molar-refractivity contribution is 0.0952. The van der Waals surface area contributed by atoms with Crippen molar-refractivity contribution >= 4 is 28.8 Å². The maximum Gasteiger partial charge on any atom is 0.416 e. The van der Waals surface area contributed by atoms with Crippen molar-refractivity contribution in [3.05, 3.63) is 43.9 Å². The Morgan fingerprint density at radius 3 is 2.94 bits per heavy atom. The molecular formula is C9H7ClN2O3S. The Morgan fingerprint density at radius 2 is 2.38 bits per heavy atom. The lowest BCUT2D eigenvalue weighted by Crippen LogP contribution is -2.21. The van der Waals surface area contributed by atoms with E-state index >= 15 is 0 Å².